The number of pyridine rings is 1. The molecule has 0 unspecified atom stereocenters. The Morgan fingerprint density at radius 1 is 0.891 bits per heavy atom. The van der Waals surface area contributed by atoms with Crippen LogP contribution < -0.4 is 4.90 Å². The lowest BCUT2D eigenvalue weighted by molar-refractivity contribution is -0.152. The van der Waals surface area contributed by atoms with Crippen molar-refractivity contribution in [2.24, 2.45) is 0 Å². The summed E-state index contributed by atoms with van der Waals surface area (Å²) in [5, 5.41) is 8.17. The molecule has 2 atom stereocenters. The standard InChI is InChI=1S/C34H29F3N4O5/c1-19(2)21-11-13-22(14-12-21)29(42)27-28(24-15-16-25(38-18-24)34(35,36)37)41(26-17-10-20(3)39-40-26)32(43)31(27)46-30(33(44)45-4)23-8-6-5-7-9-23/h5-19,28,30H,1-4H3/t28-,30+/m1/s1. The number of amides is 1. The van der Waals surface area contributed by atoms with Crippen molar-refractivity contribution in [1.29, 1.82) is 0 Å². The second-order valence-corrected chi connectivity index (χ2v) is 10.9. The molecule has 2 aromatic heterocycles. The lowest BCUT2D eigenvalue weighted by Crippen LogP contribution is -2.32. The highest BCUT2D eigenvalue weighted by Gasteiger charge is 2.48. The van der Waals surface area contributed by atoms with Gasteiger partial charge in [0.25, 0.3) is 5.91 Å². The number of aromatic nitrogens is 3. The van der Waals surface area contributed by atoms with Crippen LogP contribution >= 0.6 is 0 Å². The zero-order chi connectivity index (χ0) is 33.2. The van der Waals surface area contributed by atoms with Gasteiger partial charge in [-0.3, -0.25) is 19.5 Å². The summed E-state index contributed by atoms with van der Waals surface area (Å²) in [7, 11) is 1.15. The Morgan fingerprint density at radius 2 is 1.59 bits per heavy atom. The Bertz CT molecular complexity index is 1770. The highest BCUT2D eigenvalue weighted by Crippen LogP contribution is 2.44. The fraction of sp³-hybridized carbons (Fsp3) is 0.235. The van der Waals surface area contributed by atoms with Gasteiger partial charge in [0, 0.05) is 17.3 Å². The van der Waals surface area contributed by atoms with E-state index in [1.54, 1.807) is 67.6 Å². The molecular weight excluding hydrogens is 601 g/mol. The molecule has 4 aromatic rings. The molecule has 0 saturated carbocycles. The first-order valence-corrected chi connectivity index (χ1v) is 14.3. The molecule has 9 nitrogen and oxygen atoms in total. The smallest absolute Gasteiger partial charge is 0.433 e. The molecule has 1 amide bonds. The minimum atomic E-state index is -4.73. The van der Waals surface area contributed by atoms with Crippen LogP contribution in [0.2, 0.25) is 0 Å². The maximum absolute atomic E-state index is 14.4. The highest BCUT2D eigenvalue weighted by molar-refractivity contribution is 6.21. The van der Waals surface area contributed by atoms with Crippen LogP contribution in [0.25, 0.3) is 0 Å². The number of hydrogen-bond acceptors (Lipinski definition) is 8. The Morgan fingerprint density at radius 3 is 2.13 bits per heavy atom. The number of anilines is 1. The minimum Gasteiger partial charge on any atom is -0.468 e. The monoisotopic (exact) mass is 630 g/mol. The lowest BCUT2D eigenvalue weighted by atomic mass is 9.92. The summed E-state index contributed by atoms with van der Waals surface area (Å²) >= 11 is 0. The molecule has 46 heavy (non-hydrogen) atoms. The van der Waals surface area contributed by atoms with Gasteiger partial charge in [-0.2, -0.15) is 18.3 Å². The summed E-state index contributed by atoms with van der Waals surface area (Å²) in [5.74, 6) is -2.69. The SMILES string of the molecule is COC(=O)[C@@H](OC1=C(C(=O)c2ccc(C(C)C)cc2)[C@@H](c2ccc(C(F)(F)F)nc2)N(c2ccc(C)nn2)C1=O)c1ccccc1. The van der Waals surface area contributed by atoms with E-state index in [0.717, 1.165) is 35.9 Å². The minimum absolute atomic E-state index is 0.00566. The van der Waals surface area contributed by atoms with Gasteiger partial charge in [-0.05, 0) is 42.2 Å². The van der Waals surface area contributed by atoms with Crippen LogP contribution in [0.5, 0.6) is 0 Å². The summed E-state index contributed by atoms with van der Waals surface area (Å²) in [6.45, 7) is 5.67. The number of halogens is 3. The van der Waals surface area contributed by atoms with Gasteiger partial charge < -0.3 is 9.47 Å². The van der Waals surface area contributed by atoms with Crippen LogP contribution in [0.15, 0.2) is 96.4 Å². The number of carbonyl (C=O) groups excluding carboxylic acids is 3. The van der Waals surface area contributed by atoms with Crippen LogP contribution in [0, 0.1) is 6.92 Å². The Hall–Kier alpha value is -5.39. The van der Waals surface area contributed by atoms with Gasteiger partial charge in [0.2, 0.25) is 6.10 Å². The number of rotatable bonds is 9. The molecule has 3 heterocycles. The predicted octanol–water partition coefficient (Wildman–Crippen LogP) is 6.48. The number of benzene rings is 2. The lowest BCUT2D eigenvalue weighted by Gasteiger charge is -2.25. The second-order valence-electron chi connectivity index (χ2n) is 10.9. The predicted molar refractivity (Wildman–Crippen MR) is 160 cm³/mol. The van der Waals surface area contributed by atoms with Crippen LogP contribution in [-0.4, -0.2) is 40.0 Å². The number of hydrogen-bond donors (Lipinski definition) is 0. The second kappa shape index (κ2) is 12.9. The van der Waals surface area contributed by atoms with Crippen molar-refractivity contribution in [2.45, 2.75) is 45.0 Å². The third kappa shape index (κ3) is 6.37. The number of methoxy groups -OCH3 is 1. The molecule has 1 aliphatic heterocycles. The van der Waals surface area contributed by atoms with E-state index >= 15 is 0 Å². The third-order valence-electron chi connectivity index (χ3n) is 7.45. The molecule has 236 valence electrons. The van der Waals surface area contributed by atoms with Gasteiger partial charge in [-0.25, -0.2) is 4.79 Å². The third-order valence-corrected chi connectivity index (χ3v) is 7.45. The zero-order valence-electron chi connectivity index (χ0n) is 25.3. The Labute approximate surface area is 262 Å². The number of ether oxygens (including phenoxy) is 2. The molecular formula is C34H29F3N4O5. The van der Waals surface area contributed by atoms with Crippen molar-refractivity contribution in [3.8, 4) is 0 Å². The number of ketones is 1. The molecule has 0 fully saturated rings. The summed E-state index contributed by atoms with van der Waals surface area (Å²) < 4.78 is 51.5. The first-order valence-electron chi connectivity index (χ1n) is 14.3. The molecule has 0 N–H and O–H groups in total. The number of carbonyl (C=O) groups is 3. The molecule has 12 heteroatoms. The van der Waals surface area contributed by atoms with Crippen molar-refractivity contribution < 1.29 is 37.0 Å². The summed E-state index contributed by atoms with van der Waals surface area (Å²) in [4.78, 5) is 46.4. The number of alkyl halides is 3. The topological polar surface area (TPSA) is 112 Å². The first kappa shape index (κ1) is 32.0. The largest absolute Gasteiger partial charge is 0.468 e. The van der Waals surface area contributed by atoms with Crippen molar-refractivity contribution in [1.82, 2.24) is 15.2 Å². The fourth-order valence-electron chi connectivity index (χ4n) is 5.02. The fourth-order valence-corrected chi connectivity index (χ4v) is 5.02. The maximum Gasteiger partial charge on any atom is 0.433 e. The number of nitrogens with zero attached hydrogens (tertiary/aromatic N) is 4. The van der Waals surface area contributed by atoms with Crippen LogP contribution in [0.1, 0.15) is 70.3 Å². The van der Waals surface area contributed by atoms with Gasteiger partial charge in [0.1, 0.15) is 5.69 Å². The maximum atomic E-state index is 14.4. The Kier molecular flexibility index (Phi) is 8.99. The average Bonchev–Trinajstić information content (AvgIpc) is 3.34. The normalized spacial score (nSPS) is 15.7. The Balaban J connectivity index is 1.74. The van der Waals surface area contributed by atoms with Gasteiger partial charge >= 0.3 is 12.1 Å². The quantitative estimate of drug-likeness (QED) is 0.153. The van der Waals surface area contributed by atoms with E-state index in [2.05, 4.69) is 15.2 Å². The molecule has 0 saturated heterocycles. The van der Waals surface area contributed by atoms with E-state index in [1.807, 2.05) is 13.8 Å². The van der Waals surface area contributed by atoms with Crippen LogP contribution in [0.3, 0.4) is 0 Å². The summed E-state index contributed by atoms with van der Waals surface area (Å²) in [6.07, 6.45) is -5.24. The van der Waals surface area contributed by atoms with Crippen molar-refractivity contribution in [3.63, 3.8) is 0 Å². The molecule has 1 aliphatic rings. The van der Waals surface area contributed by atoms with E-state index in [1.165, 1.54) is 6.07 Å². The van der Waals surface area contributed by atoms with Crippen molar-refractivity contribution in [3.05, 3.63) is 130 Å². The van der Waals surface area contributed by atoms with E-state index in [0.29, 0.717) is 11.3 Å². The molecule has 5 rings (SSSR count). The van der Waals surface area contributed by atoms with Crippen LogP contribution in [0.4, 0.5) is 19.0 Å². The van der Waals surface area contributed by atoms with Gasteiger partial charge in [-0.15, -0.1) is 5.10 Å². The molecule has 0 radical (unpaired) electrons. The van der Waals surface area contributed by atoms with E-state index in [4.69, 9.17) is 9.47 Å². The van der Waals surface area contributed by atoms with Crippen molar-refractivity contribution in [2.75, 3.05) is 12.0 Å². The number of aryl methyl sites for hydroxylation is 1. The van der Waals surface area contributed by atoms with E-state index in [9.17, 15) is 27.6 Å². The van der Waals surface area contributed by atoms with Gasteiger partial charge in [0.15, 0.2) is 17.4 Å². The van der Waals surface area contributed by atoms with Crippen LogP contribution in [-0.2, 0) is 25.2 Å². The van der Waals surface area contributed by atoms with Crippen molar-refractivity contribution >= 4 is 23.5 Å². The highest BCUT2D eigenvalue weighted by atomic mass is 19.4. The molecule has 0 aliphatic carbocycles. The number of Topliss-reactive ketones (excluding diaryl/α,β-unsaturated/α-hetero) is 1. The molecule has 0 spiro atoms. The van der Waals surface area contributed by atoms with Gasteiger partial charge in [-0.1, -0.05) is 74.5 Å². The molecule has 0 bridgehead atoms. The average molecular weight is 631 g/mol. The summed E-state index contributed by atoms with van der Waals surface area (Å²) in [5.41, 5.74) is 0.696. The van der Waals surface area contributed by atoms with E-state index in [-0.39, 0.29) is 28.4 Å². The summed E-state index contributed by atoms with van der Waals surface area (Å²) in [6, 6.07) is 18.6. The molecule has 2 aromatic carbocycles. The zero-order valence-corrected chi connectivity index (χ0v) is 25.3. The first-order chi connectivity index (χ1) is 21.9. The van der Waals surface area contributed by atoms with E-state index < -0.39 is 47.4 Å². The number of esters is 1. The van der Waals surface area contributed by atoms with Gasteiger partial charge in [0.05, 0.1) is 24.4 Å².